The smallest absolute Gasteiger partial charge is 0.325 e. The van der Waals surface area contributed by atoms with Gasteiger partial charge < -0.3 is 15.0 Å². The Bertz CT molecular complexity index is 355. The molecule has 0 aromatic carbocycles. The minimum absolute atomic E-state index is 0.0832. The summed E-state index contributed by atoms with van der Waals surface area (Å²) in [6.45, 7) is 1.38. The topological polar surface area (TPSA) is 76.1 Å². The van der Waals surface area contributed by atoms with Gasteiger partial charge in [0, 0.05) is 39.0 Å². The summed E-state index contributed by atoms with van der Waals surface area (Å²) in [5.74, 6) is -0.0832. The standard InChI is InChI=1S/C9H15N3O3/c1-15-7-4-10-8(13)2-5-12-6-3-11-9(12)14/h3,6H,2,4-5,7H2,1H3,(H,10,13)(H,11,14). The Morgan fingerprint density at radius 3 is 3.07 bits per heavy atom. The van der Waals surface area contributed by atoms with Crippen LogP contribution in [0.4, 0.5) is 0 Å². The normalized spacial score (nSPS) is 10.2. The molecule has 0 spiro atoms. The quantitative estimate of drug-likeness (QED) is 0.615. The number of carbonyl (C=O) groups is 1. The average molecular weight is 213 g/mol. The summed E-state index contributed by atoms with van der Waals surface area (Å²) in [5.41, 5.74) is -0.195. The zero-order chi connectivity index (χ0) is 11.1. The molecule has 1 aromatic heterocycles. The summed E-state index contributed by atoms with van der Waals surface area (Å²) in [4.78, 5) is 24.8. The van der Waals surface area contributed by atoms with Gasteiger partial charge in [0.25, 0.3) is 0 Å². The lowest BCUT2D eigenvalue weighted by molar-refractivity contribution is -0.121. The Hall–Kier alpha value is -1.56. The van der Waals surface area contributed by atoms with Crippen LogP contribution in [0.2, 0.25) is 0 Å². The van der Waals surface area contributed by atoms with Crippen molar-refractivity contribution in [2.24, 2.45) is 0 Å². The van der Waals surface area contributed by atoms with Crippen molar-refractivity contribution in [3.63, 3.8) is 0 Å². The van der Waals surface area contributed by atoms with E-state index >= 15 is 0 Å². The molecule has 0 aliphatic rings. The number of rotatable bonds is 6. The van der Waals surface area contributed by atoms with Gasteiger partial charge in [-0.15, -0.1) is 0 Å². The number of aryl methyl sites for hydroxylation is 1. The van der Waals surface area contributed by atoms with Crippen LogP contribution in [0.1, 0.15) is 6.42 Å². The number of H-pyrrole nitrogens is 1. The van der Waals surface area contributed by atoms with Crippen LogP contribution in [0.5, 0.6) is 0 Å². The number of hydrogen-bond donors (Lipinski definition) is 2. The van der Waals surface area contributed by atoms with Gasteiger partial charge in [0.2, 0.25) is 5.91 Å². The minimum atomic E-state index is -0.195. The number of nitrogens with zero attached hydrogens (tertiary/aromatic N) is 1. The summed E-state index contributed by atoms with van der Waals surface area (Å²) in [6, 6.07) is 0. The Morgan fingerprint density at radius 2 is 2.47 bits per heavy atom. The third-order valence-corrected chi connectivity index (χ3v) is 1.93. The van der Waals surface area contributed by atoms with E-state index in [4.69, 9.17) is 4.74 Å². The first kappa shape index (κ1) is 11.5. The van der Waals surface area contributed by atoms with Gasteiger partial charge in [-0.2, -0.15) is 0 Å². The first-order chi connectivity index (χ1) is 7.24. The maximum absolute atomic E-state index is 11.2. The van der Waals surface area contributed by atoms with E-state index in [1.165, 1.54) is 4.57 Å². The van der Waals surface area contributed by atoms with Crippen molar-refractivity contribution in [1.29, 1.82) is 0 Å². The molecule has 1 aromatic rings. The van der Waals surface area contributed by atoms with E-state index in [-0.39, 0.29) is 11.6 Å². The molecule has 0 bridgehead atoms. The highest BCUT2D eigenvalue weighted by Crippen LogP contribution is 1.86. The lowest BCUT2D eigenvalue weighted by Gasteiger charge is -2.04. The van der Waals surface area contributed by atoms with Gasteiger partial charge in [0.15, 0.2) is 0 Å². The van der Waals surface area contributed by atoms with E-state index in [2.05, 4.69) is 10.3 Å². The van der Waals surface area contributed by atoms with Gasteiger partial charge in [0.05, 0.1) is 6.61 Å². The van der Waals surface area contributed by atoms with E-state index in [1.54, 1.807) is 19.5 Å². The molecule has 84 valence electrons. The van der Waals surface area contributed by atoms with Crippen molar-refractivity contribution >= 4 is 5.91 Å². The van der Waals surface area contributed by atoms with Crippen LogP contribution in [0.25, 0.3) is 0 Å². The zero-order valence-electron chi connectivity index (χ0n) is 8.66. The van der Waals surface area contributed by atoms with Crippen LogP contribution in [0.15, 0.2) is 17.2 Å². The number of nitrogens with one attached hydrogen (secondary N) is 2. The number of aromatic amines is 1. The number of methoxy groups -OCH3 is 1. The van der Waals surface area contributed by atoms with Gasteiger partial charge >= 0.3 is 5.69 Å². The van der Waals surface area contributed by atoms with Gasteiger partial charge in [-0.3, -0.25) is 9.36 Å². The fourth-order valence-corrected chi connectivity index (χ4v) is 1.13. The first-order valence-electron chi connectivity index (χ1n) is 4.73. The second-order valence-corrected chi connectivity index (χ2v) is 3.05. The molecule has 6 heteroatoms. The Morgan fingerprint density at radius 1 is 1.67 bits per heavy atom. The molecule has 6 nitrogen and oxygen atoms in total. The van der Waals surface area contributed by atoms with Crippen LogP contribution >= 0.6 is 0 Å². The average Bonchev–Trinajstić information content (AvgIpc) is 2.61. The zero-order valence-corrected chi connectivity index (χ0v) is 8.66. The van der Waals surface area contributed by atoms with E-state index in [1.807, 2.05) is 0 Å². The molecule has 0 radical (unpaired) electrons. The van der Waals surface area contributed by atoms with E-state index in [0.717, 1.165) is 0 Å². The molecule has 0 saturated carbocycles. The molecule has 1 rings (SSSR count). The van der Waals surface area contributed by atoms with Crippen molar-refractivity contribution in [1.82, 2.24) is 14.9 Å². The summed E-state index contributed by atoms with van der Waals surface area (Å²) in [5, 5.41) is 2.68. The van der Waals surface area contributed by atoms with E-state index < -0.39 is 0 Å². The van der Waals surface area contributed by atoms with Crippen LogP contribution < -0.4 is 11.0 Å². The lowest BCUT2D eigenvalue weighted by atomic mass is 10.4. The van der Waals surface area contributed by atoms with Crippen molar-refractivity contribution in [2.45, 2.75) is 13.0 Å². The number of aromatic nitrogens is 2. The number of hydrogen-bond acceptors (Lipinski definition) is 3. The predicted octanol–water partition coefficient (Wildman–Crippen LogP) is -0.671. The number of ether oxygens (including phenoxy) is 1. The van der Waals surface area contributed by atoms with Gasteiger partial charge in [0.1, 0.15) is 0 Å². The maximum Gasteiger partial charge on any atom is 0.325 e. The summed E-state index contributed by atoms with van der Waals surface area (Å²) < 4.78 is 6.24. The number of imidazole rings is 1. The highest BCUT2D eigenvalue weighted by molar-refractivity contribution is 5.75. The second-order valence-electron chi connectivity index (χ2n) is 3.05. The summed E-state index contributed by atoms with van der Waals surface area (Å²) in [7, 11) is 1.57. The maximum atomic E-state index is 11.2. The summed E-state index contributed by atoms with van der Waals surface area (Å²) >= 11 is 0. The highest BCUT2D eigenvalue weighted by Gasteiger charge is 2.02. The molecule has 0 fully saturated rings. The fourth-order valence-electron chi connectivity index (χ4n) is 1.13. The number of amides is 1. The van der Waals surface area contributed by atoms with Gasteiger partial charge in [-0.1, -0.05) is 0 Å². The van der Waals surface area contributed by atoms with Crippen LogP contribution in [0.3, 0.4) is 0 Å². The van der Waals surface area contributed by atoms with Gasteiger partial charge in [-0.25, -0.2) is 4.79 Å². The summed E-state index contributed by atoms with van der Waals surface area (Å²) in [6.07, 6.45) is 3.46. The molecule has 0 aliphatic carbocycles. The fraction of sp³-hybridized carbons (Fsp3) is 0.556. The number of carbonyl (C=O) groups excluding carboxylic acids is 1. The monoisotopic (exact) mass is 213 g/mol. The molecule has 0 unspecified atom stereocenters. The molecule has 0 aliphatic heterocycles. The molecular weight excluding hydrogens is 198 g/mol. The Labute approximate surface area is 87.2 Å². The van der Waals surface area contributed by atoms with Crippen LogP contribution in [-0.4, -0.2) is 35.7 Å². The molecule has 15 heavy (non-hydrogen) atoms. The molecule has 2 N–H and O–H groups in total. The lowest BCUT2D eigenvalue weighted by Crippen LogP contribution is -2.28. The van der Waals surface area contributed by atoms with Crippen LogP contribution in [-0.2, 0) is 16.1 Å². The Balaban J connectivity index is 2.23. The molecular formula is C9H15N3O3. The predicted molar refractivity (Wildman–Crippen MR) is 54.6 cm³/mol. The van der Waals surface area contributed by atoms with Gasteiger partial charge in [-0.05, 0) is 0 Å². The highest BCUT2D eigenvalue weighted by atomic mass is 16.5. The van der Waals surface area contributed by atoms with Crippen LogP contribution in [0, 0.1) is 0 Å². The molecule has 0 atom stereocenters. The van der Waals surface area contributed by atoms with Crippen molar-refractivity contribution in [2.75, 3.05) is 20.3 Å². The van der Waals surface area contributed by atoms with E-state index in [9.17, 15) is 9.59 Å². The third-order valence-electron chi connectivity index (χ3n) is 1.93. The minimum Gasteiger partial charge on any atom is -0.383 e. The van der Waals surface area contributed by atoms with Crippen molar-refractivity contribution < 1.29 is 9.53 Å². The SMILES string of the molecule is COCCNC(=O)CCn1cc[nH]c1=O. The molecule has 1 amide bonds. The first-order valence-corrected chi connectivity index (χ1v) is 4.73. The molecule has 0 saturated heterocycles. The van der Waals surface area contributed by atoms with Crippen molar-refractivity contribution in [3.8, 4) is 0 Å². The largest absolute Gasteiger partial charge is 0.383 e. The molecule has 1 heterocycles. The third kappa shape index (κ3) is 3.99. The van der Waals surface area contributed by atoms with Crippen molar-refractivity contribution in [3.05, 3.63) is 22.9 Å². The Kier molecular flexibility index (Phi) is 4.62. The van der Waals surface area contributed by atoms with E-state index in [0.29, 0.717) is 26.1 Å². The second kappa shape index (κ2) is 6.02.